The van der Waals surface area contributed by atoms with Gasteiger partial charge >= 0.3 is 6.09 Å². The predicted octanol–water partition coefficient (Wildman–Crippen LogP) is 3.89. The van der Waals surface area contributed by atoms with E-state index in [-0.39, 0.29) is 24.2 Å². The summed E-state index contributed by atoms with van der Waals surface area (Å²) in [6, 6.07) is 15.6. The molecule has 0 spiro atoms. The fourth-order valence-corrected chi connectivity index (χ4v) is 4.10. The van der Waals surface area contributed by atoms with E-state index in [9.17, 15) is 13.2 Å². The highest BCUT2D eigenvalue weighted by atomic mass is 32.2. The Kier molecular flexibility index (Phi) is 6.70. The molecule has 0 radical (unpaired) electrons. The molecule has 0 saturated carbocycles. The Labute approximate surface area is 166 Å². The fourth-order valence-electron chi connectivity index (χ4n) is 3.16. The summed E-state index contributed by atoms with van der Waals surface area (Å²) >= 11 is 0. The SMILES string of the molecule is Cc1ccc(S(=O)(=O)OC[C@H]2CCCCN2C(=O)OCc2ccccc2)cc1. The van der Waals surface area contributed by atoms with Gasteiger partial charge in [0.25, 0.3) is 10.1 Å². The van der Waals surface area contributed by atoms with Crippen LogP contribution in [0.25, 0.3) is 0 Å². The van der Waals surface area contributed by atoms with E-state index in [0.29, 0.717) is 13.0 Å². The van der Waals surface area contributed by atoms with Crippen molar-refractivity contribution in [2.75, 3.05) is 13.2 Å². The van der Waals surface area contributed by atoms with Crippen LogP contribution < -0.4 is 0 Å². The molecule has 0 N–H and O–H groups in total. The van der Waals surface area contributed by atoms with E-state index in [2.05, 4.69) is 0 Å². The summed E-state index contributed by atoms with van der Waals surface area (Å²) in [7, 11) is -3.86. The number of piperidine rings is 1. The molecule has 1 atom stereocenters. The van der Waals surface area contributed by atoms with E-state index in [1.54, 1.807) is 17.0 Å². The summed E-state index contributed by atoms with van der Waals surface area (Å²) in [6.45, 7) is 2.53. The quantitative estimate of drug-likeness (QED) is 0.684. The molecule has 150 valence electrons. The van der Waals surface area contributed by atoms with E-state index < -0.39 is 16.2 Å². The summed E-state index contributed by atoms with van der Waals surface area (Å²) in [5, 5.41) is 0. The lowest BCUT2D eigenvalue weighted by Gasteiger charge is -2.34. The number of ether oxygens (including phenoxy) is 1. The minimum atomic E-state index is -3.86. The molecule has 2 aromatic rings. The largest absolute Gasteiger partial charge is 0.445 e. The lowest BCUT2D eigenvalue weighted by Crippen LogP contribution is -2.46. The van der Waals surface area contributed by atoms with Gasteiger partial charge in [0.2, 0.25) is 0 Å². The van der Waals surface area contributed by atoms with Gasteiger partial charge in [-0.15, -0.1) is 0 Å². The van der Waals surface area contributed by atoms with Crippen LogP contribution in [-0.4, -0.2) is 38.6 Å². The van der Waals surface area contributed by atoms with Gasteiger partial charge in [-0.25, -0.2) is 4.79 Å². The smallest absolute Gasteiger partial charge is 0.410 e. The first-order valence-corrected chi connectivity index (χ1v) is 10.8. The Bertz CT molecular complexity index is 881. The third-order valence-electron chi connectivity index (χ3n) is 4.79. The number of hydrogen-bond acceptors (Lipinski definition) is 5. The molecule has 0 aromatic heterocycles. The van der Waals surface area contributed by atoms with Crippen molar-refractivity contribution < 1.29 is 22.1 Å². The van der Waals surface area contributed by atoms with E-state index >= 15 is 0 Å². The Morgan fingerprint density at radius 1 is 1.07 bits per heavy atom. The van der Waals surface area contributed by atoms with E-state index in [0.717, 1.165) is 24.0 Å². The maximum atomic E-state index is 12.5. The molecule has 0 unspecified atom stereocenters. The average molecular weight is 404 g/mol. The van der Waals surface area contributed by atoms with Crippen LogP contribution in [0, 0.1) is 6.92 Å². The molecular formula is C21H25NO5S. The fraction of sp³-hybridized carbons (Fsp3) is 0.381. The molecular weight excluding hydrogens is 378 g/mol. The highest BCUT2D eigenvalue weighted by molar-refractivity contribution is 7.86. The highest BCUT2D eigenvalue weighted by Crippen LogP contribution is 2.21. The number of benzene rings is 2. The summed E-state index contributed by atoms with van der Waals surface area (Å²) in [5.41, 5.74) is 1.88. The van der Waals surface area contributed by atoms with Gasteiger partial charge in [0.1, 0.15) is 6.61 Å². The second-order valence-electron chi connectivity index (χ2n) is 6.93. The van der Waals surface area contributed by atoms with Crippen LogP contribution in [0.3, 0.4) is 0 Å². The number of carbonyl (C=O) groups is 1. The standard InChI is InChI=1S/C21H25NO5S/c1-17-10-12-20(13-11-17)28(24,25)27-16-19-9-5-6-14-22(19)21(23)26-15-18-7-3-2-4-8-18/h2-4,7-8,10-13,19H,5-6,9,14-16H2,1H3/t19-/m1/s1. The van der Waals surface area contributed by atoms with Crippen LogP contribution in [0.15, 0.2) is 59.5 Å². The third-order valence-corrected chi connectivity index (χ3v) is 6.09. The topological polar surface area (TPSA) is 72.9 Å². The molecule has 0 bridgehead atoms. The maximum Gasteiger partial charge on any atom is 0.410 e. The van der Waals surface area contributed by atoms with Gasteiger partial charge in [0.15, 0.2) is 0 Å². The number of amides is 1. The number of hydrogen-bond donors (Lipinski definition) is 0. The summed E-state index contributed by atoms with van der Waals surface area (Å²) in [4.78, 5) is 14.2. The lowest BCUT2D eigenvalue weighted by molar-refractivity contribution is 0.0546. The molecule has 1 aliphatic rings. The van der Waals surface area contributed by atoms with Crippen molar-refractivity contribution >= 4 is 16.2 Å². The molecule has 3 rings (SSSR count). The van der Waals surface area contributed by atoms with Crippen LogP contribution >= 0.6 is 0 Å². The molecule has 1 fully saturated rings. The first-order chi connectivity index (χ1) is 13.5. The van der Waals surface area contributed by atoms with Crippen molar-refractivity contribution in [3.8, 4) is 0 Å². The molecule has 28 heavy (non-hydrogen) atoms. The molecule has 7 heteroatoms. The molecule has 1 amide bonds. The van der Waals surface area contributed by atoms with Crippen molar-refractivity contribution in [1.29, 1.82) is 0 Å². The summed E-state index contributed by atoms with van der Waals surface area (Å²) in [5.74, 6) is 0. The molecule has 1 aliphatic heterocycles. The predicted molar refractivity (Wildman–Crippen MR) is 105 cm³/mol. The third kappa shape index (κ3) is 5.33. The Morgan fingerprint density at radius 3 is 2.50 bits per heavy atom. The first kappa shape index (κ1) is 20.4. The first-order valence-electron chi connectivity index (χ1n) is 9.39. The Morgan fingerprint density at radius 2 is 1.79 bits per heavy atom. The zero-order valence-electron chi connectivity index (χ0n) is 15.9. The zero-order valence-corrected chi connectivity index (χ0v) is 16.7. The zero-order chi connectivity index (χ0) is 20.0. The molecule has 1 heterocycles. The van der Waals surface area contributed by atoms with Crippen LogP contribution in [-0.2, 0) is 25.6 Å². The molecule has 6 nitrogen and oxygen atoms in total. The molecule has 1 saturated heterocycles. The van der Waals surface area contributed by atoms with Crippen LogP contribution in [0.4, 0.5) is 4.79 Å². The van der Waals surface area contributed by atoms with Gasteiger partial charge in [-0.3, -0.25) is 4.18 Å². The normalized spacial score (nSPS) is 17.3. The van der Waals surface area contributed by atoms with Crippen LogP contribution in [0.1, 0.15) is 30.4 Å². The number of aryl methyl sites for hydroxylation is 1. The molecule has 0 aliphatic carbocycles. The van der Waals surface area contributed by atoms with Gasteiger partial charge in [0.05, 0.1) is 17.5 Å². The summed E-state index contributed by atoms with van der Waals surface area (Å²) < 4.78 is 35.5. The van der Waals surface area contributed by atoms with Crippen LogP contribution in [0.2, 0.25) is 0 Å². The second kappa shape index (κ2) is 9.21. The van der Waals surface area contributed by atoms with E-state index in [4.69, 9.17) is 8.92 Å². The van der Waals surface area contributed by atoms with Gasteiger partial charge in [-0.1, -0.05) is 48.0 Å². The van der Waals surface area contributed by atoms with E-state index in [1.807, 2.05) is 37.3 Å². The monoisotopic (exact) mass is 403 g/mol. The van der Waals surface area contributed by atoms with Gasteiger partial charge in [-0.05, 0) is 43.9 Å². The van der Waals surface area contributed by atoms with Crippen LogP contribution in [0.5, 0.6) is 0 Å². The highest BCUT2D eigenvalue weighted by Gasteiger charge is 2.30. The van der Waals surface area contributed by atoms with Crippen molar-refractivity contribution in [2.45, 2.75) is 43.7 Å². The van der Waals surface area contributed by atoms with Crippen molar-refractivity contribution in [3.05, 3.63) is 65.7 Å². The van der Waals surface area contributed by atoms with Gasteiger partial charge in [-0.2, -0.15) is 8.42 Å². The number of rotatable bonds is 6. The number of likely N-dealkylation sites (tertiary alicyclic amines) is 1. The minimum Gasteiger partial charge on any atom is -0.445 e. The van der Waals surface area contributed by atoms with Crippen molar-refractivity contribution in [3.63, 3.8) is 0 Å². The Hall–Kier alpha value is -2.38. The van der Waals surface area contributed by atoms with Crippen molar-refractivity contribution in [1.82, 2.24) is 4.90 Å². The number of nitrogens with zero attached hydrogens (tertiary/aromatic N) is 1. The second-order valence-corrected chi connectivity index (χ2v) is 8.55. The number of carbonyl (C=O) groups excluding carboxylic acids is 1. The lowest BCUT2D eigenvalue weighted by atomic mass is 10.0. The summed E-state index contributed by atoms with van der Waals surface area (Å²) in [6.07, 6.45) is 2.02. The minimum absolute atomic E-state index is 0.0728. The average Bonchev–Trinajstić information content (AvgIpc) is 2.72. The van der Waals surface area contributed by atoms with Crippen molar-refractivity contribution in [2.24, 2.45) is 0 Å². The van der Waals surface area contributed by atoms with E-state index in [1.165, 1.54) is 12.1 Å². The van der Waals surface area contributed by atoms with Gasteiger partial charge < -0.3 is 9.64 Å². The Balaban J connectivity index is 1.59. The van der Waals surface area contributed by atoms with Gasteiger partial charge in [0, 0.05) is 6.54 Å². The molecule has 2 aromatic carbocycles. The maximum absolute atomic E-state index is 12.5.